The van der Waals surface area contributed by atoms with Crippen LogP contribution in [0.15, 0.2) is 0 Å². The minimum Gasteiger partial charge on any atom is -0.0864 e. The predicted octanol–water partition coefficient (Wildman–Crippen LogP) is 4.42. The predicted molar refractivity (Wildman–Crippen MR) is 59.0 cm³/mol. The maximum atomic E-state index is 2.45. The quantitative estimate of drug-likeness (QED) is 0.375. The third-order valence-corrected chi connectivity index (χ3v) is 2.25. The molecule has 10 heavy (non-hydrogen) atoms. The molecule has 0 aliphatic heterocycles. The summed E-state index contributed by atoms with van der Waals surface area (Å²) in [6, 6.07) is 0. The Labute approximate surface area is 79.9 Å². The number of unbranched alkanes of at least 4 members (excludes halogenated alkanes) is 5. The highest BCUT2D eigenvalue weighted by Gasteiger charge is 1.86. The second-order valence-electron chi connectivity index (χ2n) is 2.46. The topological polar surface area (TPSA) is 0 Å². The van der Waals surface area contributed by atoms with Crippen molar-refractivity contribution in [2.75, 3.05) is 4.43 Å². The Kier molecular flexibility index (Phi) is 16.5. The summed E-state index contributed by atoms with van der Waals surface area (Å²) in [7, 11) is 0. The number of rotatable bonds is 6. The molecule has 0 rings (SSSR count). The van der Waals surface area contributed by atoms with Crippen LogP contribution in [0.4, 0.5) is 0 Å². The van der Waals surface area contributed by atoms with Gasteiger partial charge in [0.25, 0.3) is 0 Å². The monoisotopic (exact) mass is 256 g/mol. The van der Waals surface area contributed by atoms with Gasteiger partial charge in [-0.25, -0.2) is 0 Å². The fraction of sp³-hybridized carbons (Fsp3) is 1.00. The van der Waals surface area contributed by atoms with Gasteiger partial charge in [0.05, 0.1) is 0 Å². The van der Waals surface area contributed by atoms with Crippen LogP contribution in [0.5, 0.6) is 0 Å². The normalized spacial score (nSPS) is 9.00. The summed E-state index contributed by atoms with van der Waals surface area (Å²) < 4.78 is 1.34. The summed E-state index contributed by atoms with van der Waals surface area (Å²) in [4.78, 5) is 0. The van der Waals surface area contributed by atoms with Crippen molar-refractivity contribution in [3.05, 3.63) is 0 Å². The molecule has 0 aromatic carbocycles. The van der Waals surface area contributed by atoms with Crippen molar-refractivity contribution >= 4 is 22.6 Å². The van der Waals surface area contributed by atoms with Crippen molar-refractivity contribution in [1.82, 2.24) is 0 Å². The molecule has 0 aliphatic carbocycles. The Morgan fingerprint density at radius 2 is 1.40 bits per heavy atom. The molecule has 0 aromatic heterocycles. The van der Waals surface area contributed by atoms with Crippen molar-refractivity contribution < 1.29 is 0 Å². The molecule has 0 N–H and O–H groups in total. The summed E-state index contributed by atoms with van der Waals surface area (Å²) >= 11 is 2.45. The molecule has 0 saturated carbocycles. The number of hydrogen-bond donors (Lipinski definition) is 0. The van der Waals surface area contributed by atoms with Crippen LogP contribution in [-0.2, 0) is 0 Å². The van der Waals surface area contributed by atoms with Gasteiger partial charge in [0.1, 0.15) is 0 Å². The van der Waals surface area contributed by atoms with Crippen LogP contribution in [0.2, 0.25) is 0 Å². The molecule has 0 saturated heterocycles. The maximum absolute atomic E-state index is 2.45. The summed E-state index contributed by atoms with van der Waals surface area (Å²) in [6.07, 6.45) is 8.57. The molecule has 0 amide bonds. The standard InChI is InChI=1S/C8H17I.CH4/c1-2-3-4-5-6-7-8-9;/h2-8H2,1H3;1H4. The fourth-order valence-corrected chi connectivity index (χ4v) is 1.41. The summed E-state index contributed by atoms with van der Waals surface area (Å²) in [5.74, 6) is 0. The van der Waals surface area contributed by atoms with Crippen LogP contribution in [-0.4, -0.2) is 4.43 Å². The maximum Gasteiger partial charge on any atom is -0.000473 e. The van der Waals surface area contributed by atoms with Crippen molar-refractivity contribution in [3.8, 4) is 0 Å². The Balaban J connectivity index is 0. The fourth-order valence-electron chi connectivity index (χ4n) is 0.875. The number of alkyl halides is 1. The van der Waals surface area contributed by atoms with Gasteiger partial charge in [0.15, 0.2) is 0 Å². The summed E-state index contributed by atoms with van der Waals surface area (Å²) in [6.45, 7) is 2.26. The lowest BCUT2D eigenvalue weighted by molar-refractivity contribution is 0.629. The minimum absolute atomic E-state index is 0. The second kappa shape index (κ2) is 12.4. The minimum atomic E-state index is 0. The zero-order valence-corrected chi connectivity index (χ0v) is 8.49. The SMILES string of the molecule is C.CCCCCCCCI. The van der Waals surface area contributed by atoms with Crippen LogP contribution in [0.1, 0.15) is 52.9 Å². The third-order valence-electron chi connectivity index (χ3n) is 1.49. The molecule has 0 fully saturated rings. The first-order chi connectivity index (χ1) is 4.41. The Bertz CT molecular complexity index is 38.0. The lowest BCUT2D eigenvalue weighted by Gasteiger charge is -1.95. The van der Waals surface area contributed by atoms with Gasteiger partial charge >= 0.3 is 0 Å². The average molecular weight is 256 g/mol. The van der Waals surface area contributed by atoms with Crippen molar-refractivity contribution in [1.29, 1.82) is 0 Å². The number of hydrogen-bond acceptors (Lipinski definition) is 0. The van der Waals surface area contributed by atoms with Gasteiger partial charge in [-0.05, 0) is 10.8 Å². The summed E-state index contributed by atoms with van der Waals surface area (Å²) in [5, 5.41) is 0. The van der Waals surface area contributed by atoms with Gasteiger partial charge in [-0.3, -0.25) is 0 Å². The van der Waals surface area contributed by atoms with Crippen molar-refractivity contribution in [2.24, 2.45) is 0 Å². The van der Waals surface area contributed by atoms with Gasteiger partial charge in [-0.2, -0.15) is 0 Å². The molecule has 64 valence electrons. The molecule has 0 bridgehead atoms. The molecule has 0 heterocycles. The van der Waals surface area contributed by atoms with E-state index in [0.717, 1.165) is 0 Å². The van der Waals surface area contributed by atoms with Crippen LogP contribution >= 0.6 is 22.6 Å². The lowest BCUT2D eigenvalue weighted by atomic mass is 10.1. The zero-order valence-electron chi connectivity index (χ0n) is 6.33. The van der Waals surface area contributed by atoms with Gasteiger partial charge in [-0.1, -0.05) is 69.0 Å². The van der Waals surface area contributed by atoms with E-state index < -0.39 is 0 Å². The summed E-state index contributed by atoms with van der Waals surface area (Å²) in [5.41, 5.74) is 0. The molecular formula is C9H21I. The first-order valence-electron chi connectivity index (χ1n) is 3.97. The Morgan fingerprint density at radius 1 is 0.900 bits per heavy atom. The van der Waals surface area contributed by atoms with Gasteiger partial charge < -0.3 is 0 Å². The molecule has 1 heteroatoms. The number of halogens is 1. The molecule has 0 radical (unpaired) electrons. The molecular weight excluding hydrogens is 235 g/mol. The second-order valence-corrected chi connectivity index (χ2v) is 3.54. The van der Waals surface area contributed by atoms with Gasteiger partial charge in [0, 0.05) is 0 Å². The van der Waals surface area contributed by atoms with E-state index in [1.807, 2.05) is 0 Å². The largest absolute Gasteiger partial charge is 0.0864 e. The van der Waals surface area contributed by atoms with E-state index in [1.165, 1.54) is 43.0 Å². The molecule has 0 spiro atoms. The van der Waals surface area contributed by atoms with Crippen molar-refractivity contribution in [2.45, 2.75) is 52.9 Å². The van der Waals surface area contributed by atoms with Crippen LogP contribution in [0.3, 0.4) is 0 Å². The van der Waals surface area contributed by atoms with E-state index in [2.05, 4.69) is 29.5 Å². The van der Waals surface area contributed by atoms with E-state index in [1.54, 1.807) is 0 Å². The van der Waals surface area contributed by atoms with E-state index in [0.29, 0.717) is 0 Å². The first-order valence-corrected chi connectivity index (χ1v) is 5.50. The van der Waals surface area contributed by atoms with E-state index >= 15 is 0 Å². The van der Waals surface area contributed by atoms with E-state index in [4.69, 9.17) is 0 Å². The first kappa shape index (κ1) is 13.3. The average Bonchev–Trinajstić information content (AvgIpc) is 1.89. The van der Waals surface area contributed by atoms with E-state index in [9.17, 15) is 0 Å². The molecule has 0 aromatic rings. The third kappa shape index (κ3) is 11.5. The van der Waals surface area contributed by atoms with Gasteiger partial charge in [0.2, 0.25) is 0 Å². The highest BCUT2D eigenvalue weighted by molar-refractivity contribution is 14.1. The molecule has 0 aliphatic rings. The smallest absolute Gasteiger partial charge is 0.000473 e. The van der Waals surface area contributed by atoms with Crippen LogP contribution in [0, 0.1) is 0 Å². The van der Waals surface area contributed by atoms with Gasteiger partial charge in [-0.15, -0.1) is 0 Å². The zero-order chi connectivity index (χ0) is 6.95. The Morgan fingerprint density at radius 3 is 1.90 bits per heavy atom. The molecule has 0 atom stereocenters. The molecule has 0 nitrogen and oxygen atoms in total. The molecule has 0 unspecified atom stereocenters. The van der Waals surface area contributed by atoms with Crippen molar-refractivity contribution in [3.63, 3.8) is 0 Å². The van der Waals surface area contributed by atoms with Crippen LogP contribution < -0.4 is 0 Å². The lowest BCUT2D eigenvalue weighted by Crippen LogP contribution is -1.77. The van der Waals surface area contributed by atoms with Crippen LogP contribution in [0.25, 0.3) is 0 Å². The highest BCUT2D eigenvalue weighted by atomic mass is 127. The van der Waals surface area contributed by atoms with E-state index in [-0.39, 0.29) is 7.43 Å². The highest BCUT2D eigenvalue weighted by Crippen LogP contribution is 2.05. The Hall–Kier alpha value is 0.730.